The van der Waals surface area contributed by atoms with E-state index in [-0.39, 0.29) is 23.5 Å². The van der Waals surface area contributed by atoms with Crippen LogP contribution in [-0.2, 0) is 4.74 Å². The van der Waals surface area contributed by atoms with Crippen LogP contribution in [0.3, 0.4) is 0 Å². The summed E-state index contributed by atoms with van der Waals surface area (Å²) in [5.74, 6) is -0.709. The Morgan fingerprint density at radius 2 is 2.35 bits per heavy atom. The highest BCUT2D eigenvalue weighted by molar-refractivity contribution is 6.02. The molecule has 2 rings (SSSR count). The highest BCUT2D eigenvalue weighted by atomic mass is 19.1. The summed E-state index contributed by atoms with van der Waals surface area (Å²) in [6.07, 6.45) is 0.931. The molecule has 1 heterocycles. The molecule has 1 aromatic rings. The number of oxime groups is 1. The maximum absolute atomic E-state index is 14.0. The Labute approximate surface area is 117 Å². The number of nitrogens with two attached hydrogens (primary N) is 1. The number of amidine groups is 1. The van der Waals surface area contributed by atoms with Crippen LogP contribution in [0.5, 0.6) is 0 Å². The van der Waals surface area contributed by atoms with Crippen molar-refractivity contribution >= 4 is 11.5 Å². The first kappa shape index (κ1) is 14.6. The van der Waals surface area contributed by atoms with E-state index in [1.54, 1.807) is 12.1 Å². The van der Waals surface area contributed by atoms with Crippen LogP contribution in [0, 0.1) is 5.82 Å². The Bertz CT molecular complexity index is 507. The Kier molecular flexibility index (Phi) is 4.44. The van der Waals surface area contributed by atoms with Crippen molar-refractivity contribution in [2.75, 3.05) is 18.1 Å². The number of halogens is 1. The number of nitrogens with zero attached hydrogens (tertiary/aromatic N) is 2. The minimum Gasteiger partial charge on any atom is -0.409 e. The maximum atomic E-state index is 14.0. The van der Waals surface area contributed by atoms with Gasteiger partial charge in [0.05, 0.1) is 30.0 Å². The van der Waals surface area contributed by atoms with Crippen molar-refractivity contribution in [1.82, 2.24) is 0 Å². The van der Waals surface area contributed by atoms with Gasteiger partial charge in [0.15, 0.2) is 5.84 Å². The molecule has 1 fully saturated rings. The molecule has 0 aromatic heterocycles. The normalized spacial score (nSPS) is 23.9. The van der Waals surface area contributed by atoms with E-state index in [2.05, 4.69) is 17.0 Å². The van der Waals surface area contributed by atoms with Gasteiger partial charge in [0.25, 0.3) is 0 Å². The molecule has 2 atom stereocenters. The van der Waals surface area contributed by atoms with E-state index >= 15 is 0 Å². The zero-order chi connectivity index (χ0) is 14.7. The molecular formula is C14H20FN3O2. The average molecular weight is 281 g/mol. The fraction of sp³-hybridized carbons (Fsp3) is 0.500. The van der Waals surface area contributed by atoms with Gasteiger partial charge in [-0.15, -0.1) is 0 Å². The third kappa shape index (κ3) is 2.70. The van der Waals surface area contributed by atoms with Gasteiger partial charge in [0, 0.05) is 6.54 Å². The van der Waals surface area contributed by atoms with E-state index in [1.165, 1.54) is 6.07 Å². The number of hydrogen-bond acceptors (Lipinski definition) is 4. The molecule has 2 unspecified atom stereocenters. The summed E-state index contributed by atoms with van der Waals surface area (Å²) in [5.41, 5.74) is 6.41. The van der Waals surface area contributed by atoms with Crippen molar-refractivity contribution in [3.8, 4) is 0 Å². The molecule has 0 bridgehead atoms. The van der Waals surface area contributed by atoms with E-state index in [1.807, 2.05) is 6.92 Å². The van der Waals surface area contributed by atoms with Gasteiger partial charge in [-0.2, -0.15) is 0 Å². The average Bonchev–Trinajstić information content (AvgIpc) is 2.46. The summed E-state index contributed by atoms with van der Waals surface area (Å²) in [6.45, 7) is 5.26. The van der Waals surface area contributed by atoms with Crippen LogP contribution in [0.1, 0.15) is 25.8 Å². The summed E-state index contributed by atoms with van der Waals surface area (Å²) < 4.78 is 19.7. The summed E-state index contributed by atoms with van der Waals surface area (Å²) in [6, 6.07) is 4.88. The highest BCUT2D eigenvalue weighted by Gasteiger charge is 2.29. The first-order valence-corrected chi connectivity index (χ1v) is 6.73. The zero-order valence-corrected chi connectivity index (χ0v) is 11.7. The fourth-order valence-corrected chi connectivity index (χ4v) is 2.53. The van der Waals surface area contributed by atoms with E-state index in [9.17, 15) is 4.39 Å². The smallest absolute Gasteiger partial charge is 0.175 e. The van der Waals surface area contributed by atoms with Gasteiger partial charge in [-0.05, 0) is 25.5 Å². The second-order valence-electron chi connectivity index (χ2n) is 4.98. The molecule has 0 saturated carbocycles. The lowest BCUT2D eigenvalue weighted by atomic mass is 10.0. The minimum absolute atomic E-state index is 0.0567. The number of anilines is 1. The number of hydrogen-bond donors (Lipinski definition) is 2. The zero-order valence-electron chi connectivity index (χ0n) is 11.7. The molecule has 0 radical (unpaired) electrons. The molecule has 0 aliphatic carbocycles. The van der Waals surface area contributed by atoms with Crippen molar-refractivity contribution < 1.29 is 14.3 Å². The third-order valence-electron chi connectivity index (χ3n) is 3.60. The third-order valence-corrected chi connectivity index (χ3v) is 3.60. The van der Waals surface area contributed by atoms with Crippen LogP contribution in [0.15, 0.2) is 23.4 Å². The van der Waals surface area contributed by atoms with Crippen molar-refractivity contribution in [2.45, 2.75) is 32.4 Å². The standard InChI is InChI=1S/C14H20FN3O2/c1-3-10-8-20-9(2)7-18(10)12-6-4-5-11(15)13(12)14(16)17-19/h4-6,9-10,19H,3,7-8H2,1-2H3,(H2,16,17). The monoisotopic (exact) mass is 281 g/mol. The van der Waals surface area contributed by atoms with E-state index in [0.717, 1.165) is 6.42 Å². The van der Waals surface area contributed by atoms with Gasteiger partial charge < -0.3 is 20.6 Å². The molecule has 5 nitrogen and oxygen atoms in total. The van der Waals surface area contributed by atoms with Crippen LogP contribution in [-0.4, -0.2) is 36.3 Å². The molecule has 3 N–H and O–H groups in total. The topological polar surface area (TPSA) is 71.1 Å². The largest absolute Gasteiger partial charge is 0.409 e. The molecule has 110 valence electrons. The van der Waals surface area contributed by atoms with E-state index < -0.39 is 5.82 Å². The van der Waals surface area contributed by atoms with Crippen molar-refractivity contribution in [1.29, 1.82) is 0 Å². The summed E-state index contributed by atoms with van der Waals surface area (Å²) in [5, 5.41) is 11.8. The van der Waals surface area contributed by atoms with Gasteiger partial charge in [0.2, 0.25) is 0 Å². The van der Waals surface area contributed by atoms with Gasteiger partial charge >= 0.3 is 0 Å². The van der Waals surface area contributed by atoms with Crippen LogP contribution in [0.2, 0.25) is 0 Å². The Balaban J connectivity index is 2.47. The lowest BCUT2D eigenvalue weighted by Gasteiger charge is -2.40. The molecular weight excluding hydrogens is 261 g/mol. The predicted octanol–water partition coefficient (Wildman–Crippen LogP) is 1.92. The Morgan fingerprint density at radius 3 is 3.00 bits per heavy atom. The van der Waals surface area contributed by atoms with Crippen LogP contribution in [0.25, 0.3) is 0 Å². The Hall–Kier alpha value is -1.82. The van der Waals surface area contributed by atoms with E-state index in [4.69, 9.17) is 15.7 Å². The second-order valence-corrected chi connectivity index (χ2v) is 4.98. The quantitative estimate of drug-likeness (QED) is 0.384. The Morgan fingerprint density at radius 1 is 1.60 bits per heavy atom. The van der Waals surface area contributed by atoms with E-state index in [0.29, 0.717) is 18.8 Å². The van der Waals surface area contributed by atoms with Gasteiger partial charge in [-0.1, -0.05) is 18.1 Å². The van der Waals surface area contributed by atoms with Crippen LogP contribution in [0.4, 0.5) is 10.1 Å². The fourth-order valence-electron chi connectivity index (χ4n) is 2.53. The number of benzene rings is 1. The first-order chi connectivity index (χ1) is 9.58. The van der Waals surface area contributed by atoms with Crippen LogP contribution < -0.4 is 10.6 Å². The lowest BCUT2D eigenvalue weighted by Crippen LogP contribution is -2.49. The summed E-state index contributed by atoms with van der Waals surface area (Å²) in [7, 11) is 0. The molecule has 1 saturated heterocycles. The van der Waals surface area contributed by atoms with Gasteiger partial charge in [-0.25, -0.2) is 4.39 Å². The number of morpholine rings is 1. The summed E-state index contributed by atoms with van der Waals surface area (Å²) >= 11 is 0. The molecule has 1 aliphatic rings. The molecule has 1 aromatic carbocycles. The SMILES string of the molecule is CCC1COC(C)CN1c1cccc(F)c1C(N)=NO. The number of rotatable bonds is 3. The van der Waals surface area contributed by atoms with Crippen molar-refractivity contribution in [3.05, 3.63) is 29.6 Å². The van der Waals surface area contributed by atoms with Gasteiger partial charge in [-0.3, -0.25) is 0 Å². The summed E-state index contributed by atoms with van der Waals surface area (Å²) in [4.78, 5) is 2.07. The molecule has 0 spiro atoms. The lowest BCUT2D eigenvalue weighted by molar-refractivity contribution is 0.0299. The van der Waals surface area contributed by atoms with Crippen LogP contribution >= 0.6 is 0 Å². The molecule has 20 heavy (non-hydrogen) atoms. The maximum Gasteiger partial charge on any atom is 0.175 e. The molecule has 0 amide bonds. The molecule has 1 aliphatic heterocycles. The highest BCUT2D eigenvalue weighted by Crippen LogP contribution is 2.28. The first-order valence-electron chi connectivity index (χ1n) is 6.73. The predicted molar refractivity (Wildman–Crippen MR) is 75.7 cm³/mol. The number of ether oxygens (including phenoxy) is 1. The minimum atomic E-state index is -0.494. The van der Waals surface area contributed by atoms with Crippen molar-refractivity contribution in [2.24, 2.45) is 10.9 Å². The second kappa shape index (κ2) is 6.09. The van der Waals surface area contributed by atoms with Gasteiger partial charge in [0.1, 0.15) is 5.82 Å². The molecule has 6 heteroatoms. The van der Waals surface area contributed by atoms with Crippen molar-refractivity contribution in [3.63, 3.8) is 0 Å².